The van der Waals surface area contributed by atoms with E-state index in [1.165, 1.54) is 11.3 Å². The van der Waals surface area contributed by atoms with Crippen LogP contribution in [0.5, 0.6) is 11.5 Å². The lowest BCUT2D eigenvalue weighted by Crippen LogP contribution is -1.83. The number of methoxy groups -OCH3 is 1. The summed E-state index contributed by atoms with van der Waals surface area (Å²) >= 11 is 1.33. The zero-order chi connectivity index (χ0) is 10.8. The lowest BCUT2D eigenvalue weighted by atomic mass is 10.1. The van der Waals surface area contributed by atoms with Gasteiger partial charge in [-0.2, -0.15) is 0 Å². The number of nitrogen functional groups attached to an aromatic ring is 1. The first kappa shape index (κ1) is 9.79. The Labute approximate surface area is 91.0 Å². The average Bonchev–Trinajstić information content (AvgIpc) is 2.65. The van der Waals surface area contributed by atoms with Gasteiger partial charge >= 0.3 is 0 Å². The second-order valence-corrected chi connectivity index (χ2v) is 4.01. The smallest absolute Gasteiger partial charge is 0.180 e. The predicted molar refractivity (Wildman–Crippen MR) is 60.2 cm³/mol. The molecule has 0 atom stereocenters. The molecule has 0 radical (unpaired) electrons. The average molecular weight is 222 g/mol. The van der Waals surface area contributed by atoms with Crippen LogP contribution in [-0.2, 0) is 0 Å². The van der Waals surface area contributed by atoms with Gasteiger partial charge in [-0.1, -0.05) is 11.3 Å². The summed E-state index contributed by atoms with van der Waals surface area (Å²) in [6.45, 7) is 0. The van der Waals surface area contributed by atoms with Gasteiger partial charge < -0.3 is 15.6 Å². The monoisotopic (exact) mass is 222 g/mol. The van der Waals surface area contributed by atoms with Gasteiger partial charge in [-0.05, 0) is 18.2 Å². The normalized spacial score (nSPS) is 10.2. The van der Waals surface area contributed by atoms with E-state index in [0.717, 1.165) is 4.88 Å². The summed E-state index contributed by atoms with van der Waals surface area (Å²) in [6.07, 6.45) is 1.63. The molecule has 0 aliphatic carbocycles. The maximum atomic E-state index is 9.68. The Bertz CT molecular complexity index is 482. The van der Waals surface area contributed by atoms with Crippen molar-refractivity contribution in [1.29, 1.82) is 0 Å². The van der Waals surface area contributed by atoms with E-state index in [0.29, 0.717) is 16.4 Å². The van der Waals surface area contributed by atoms with Crippen LogP contribution in [0.25, 0.3) is 10.4 Å². The van der Waals surface area contributed by atoms with Crippen molar-refractivity contribution < 1.29 is 9.84 Å². The molecule has 4 nitrogen and oxygen atoms in total. The number of anilines is 1. The van der Waals surface area contributed by atoms with Crippen molar-refractivity contribution in [1.82, 2.24) is 4.98 Å². The molecule has 3 N–H and O–H groups in total. The number of phenols is 1. The molecular formula is C10H10N2O2S. The third-order valence-corrected chi connectivity index (χ3v) is 2.85. The zero-order valence-electron chi connectivity index (χ0n) is 8.10. The minimum Gasteiger partial charge on any atom is -0.507 e. The summed E-state index contributed by atoms with van der Waals surface area (Å²) in [5.41, 5.74) is 6.21. The van der Waals surface area contributed by atoms with Crippen LogP contribution >= 0.6 is 11.3 Å². The van der Waals surface area contributed by atoms with Gasteiger partial charge in [0.25, 0.3) is 0 Å². The summed E-state index contributed by atoms with van der Waals surface area (Å²) in [6, 6.07) is 5.04. The Morgan fingerprint density at radius 1 is 1.47 bits per heavy atom. The van der Waals surface area contributed by atoms with E-state index in [1.807, 2.05) is 0 Å². The standard InChI is InChI=1S/C10H10N2O2S/c1-14-6-2-3-8(13)7(4-6)9-5-12-10(11)15-9/h2-5,13H,1H3,(H2,11,12). The van der Waals surface area contributed by atoms with Crippen molar-refractivity contribution >= 4 is 16.5 Å². The quantitative estimate of drug-likeness (QED) is 0.816. The van der Waals surface area contributed by atoms with Crippen LogP contribution in [0.3, 0.4) is 0 Å². The Kier molecular flexibility index (Phi) is 2.47. The van der Waals surface area contributed by atoms with Crippen molar-refractivity contribution in [3.63, 3.8) is 0 Å². The van der Waals surface area contributed by atoms with Crippen LogP contribution < -0.4 is 10.5 Å². The first-order valence-electron chi connectivity index (χ1n) is 4.29. The number of nitrogens with two attached hydrogens (primary N) is 1. The number of aromatic hydroxyl groups is 1. The molecule has 1 heterocycles. The fourth-order valence-electron chi connectivity index (χ4n) is 1.25. The van der Waals surface area contributed by atoms with Crippen molar-refractivity contribution in [2.75, 3.05) is 12.8 Å². The van der Waals surface area contributed by atoms with E-state index in [4.69, 9.17) is 10.5 Å². The first-order chi connectivity index (χ1) is 7.20. The lowest BCUT2D eigenvalue weighted by Gasteiger charge is -2.04. The molecule has 0 aliphatic rings. The molecule has 0 aliphatic heterocycles. The Hall–Kier alpha value is -1.75. The van der Waals surface area contributed by atoms with E-state index in [1.54, 1.807) is 31.5 Å². The van der Waals surface area contributed by atoms with Gasteiger partial charge in [-0.3, -0.25) is 0 Å². The highest BCUT2D eigenvalue weighted by atomic mass is 32.1. The van der Waals surface area contributed by atoms with Crippen LogP contribution in [0.1, 0.15) is 0 Å². The van der Waals surface area contributed by atoms with Crippen LogP contribution in [0.2, 0.25) is 0 Å². The van der Waals surface area contributed by atoms with E-state index < -0.39 is 0 Å². The number of hydrogen-bond donors (Lipinski definition) is 2. The highest BCUT2D eigenvalue weighted by Crippen LogP contribution is 2.36. The second kappa shape index (κ2) is 3.78. The molecule has 1 aromatic heterocycles. The number of thiazole rings is 1. The molecule has 78 valence electrons. The molecule has 5 heteroatoms. The number of aromatic nitrogens is 1. The SMILES string of the molecule is COc1ccc(O)c(-c2cnc(N)s2)c1. The molecule has 0 fully saturated rings. The molecule has 1 aromatic carbocycles. The zero-order valence-corrected chi connectivity index (χ0v) is 8.91. The van der Waals surface area contributed by atoms with Crippen LogP contribution in [0, 0.1) is 0 Å². The predicted octanol–water partition coefficient (Wildman–Crippen LogP) is 2.11. The Balaban J connectivity index is 2.51. The third-order valence-electron chi connectivity index (χ3n) is 1.99. The van der Waals surface area contributed by atoms with Crippen LogP contribution in [-0.4, -0.2) is 17.2 Å². The van der Waals surface area contributed by atoms with Gasteiger partial charge in [-0.25, -0.2) is 4.98 Å². The van der Waals surface area contributed by atoms with Crippen molar-refractivity contribution in [3.8, 4) is 21.9 Å². The highest BCUT2D eigenvalue weighted by molar-refractivity contribution is 7.18. The van der Waals surface area contributed by atoms with Gasteiger partial charge in [0.2, 0.25) is 0 Å². The molecule has 0 amide bonds. The number of phenolic OH excluding ortho intramolecular Hbond substituents is 1. The minimum atomic E-state index is 0.194. The fourth-order valence-corrected chi connectivity index (χ4v) is 1.96. The number of hydrogen-bond acceptors (Lipinski definition) is 5. The van der Waals surface area contributed by atoms with E-state index in [9.17, 15) is 5.11 Å². The Morgan fingerprint density at radius 3 is 2.87 bits per heavy atom. The van der Waals surface area contributed by atoms with Crippen molar-refractivity contribution in [3.05, 3.63) is 24.4 Å². The summed E-state index contributed by atoms with van der Waals surface area (Å²) in [5.74, 6) is 0.884. The summed E-state index contributed by atoms with van der Waals surface area (Å²) in [5, 5.41) is 10.2. The van der Waals surface area contributed by atoms with Crippen molar-refractivity contribution in [2.45, 2.75) is 0 Å². The van der Waals surface area contributed by atoms with Gasteiger partial charge in [0.1, 0.15) is 11.5 Å². The molecule has 2 aromatic rings. The minimum absolute atomic E-state index is 0.194. The molecule has 0 unspecified atom stereocenters. The van der Waals surface area contributed by atoms with Crippen molar-refractivity contribution in [2.24, 2.45) is 0 Å². The third kappa shape index (κ3) is 1.87. The molecule has 0 bridgehead atoms. The largest absolute Gasteiger partial charge is 0.507 e. The molecule has 0 spiro atoms. The Morgan fingerprint density at radius 2 is 2.27 bits per heavy atom. The molecule has 2 rings (SSSR count). The number of nitrogens with zero attached hydrogens (tertiary/aromatic N) is 1. The van der Waals surface area contributed by atoms with E-state index >= 15 is 0 Å². The number of rotatable bonds is 2. The van der Waals surface area contributed by atoms with Gasteiger partial charge in [0.05, 0.1) is 12.0 Å². The molecule has 0 saturated carbocycles. The molecular weight excluding hydrogens is 212 g/mol. The fraction of sp³-hybridized carbons (Fsp3) is 0.100. The lowest BCUT2D eigenvalue weighted by molar-refractivity contribution is 0.412. The first-order valence-corrected chi connectivity index (χ1v) is 5.11. The van der Waals surface area contributed by atoms with Crippen LogP contribution in [0.4, 0.5) is 5.13 Å². The summed E-state index contributed by atoms with van der Waals surface area (Å²) in [4.78, 5) is 4.76. The summed E-state index contributed by atoms with van der Waals surface area (Å²) in [7, 11) is 1.58. The van der Waals surface area contributed by atoms with Gasteiger partial charge in [-0.15, -0.1) is 0 Å². The number of benzene rings is 1. The van der Waals surface area contributed by atoms with Gasteiger partial charge in [0, 0.05) is 11.8 Å². The number of ether oxygens (including phenoxy) is 1. The second-order valence-electron chi connectivity index (χ2n) is 2.95. The van der Waals surface area contributed by atoms with E-state index in [-0.39, 0.29) is 5.75 Å². The van der Waals surface area contributed by atoms with Crippen LogP contribution in [0.15, 0.2) is 24.4 Å². The molecule has 0 saturated heterocycles. The van der Waals surface area contributed by atoms with Gasteiger partial charge in [0.15, 0.2) is 5.13 Å². The molecule has 15 heavy (non-hydrogen) atoms. The summed E-state index contributed by atoms with van der Waals surface area (Å²) < 4.78 is 5.08. The maximum Gasteiger partial charge on any atom is 0.180 e. The maximum absolute atomic E-state index is 9.68. The van der Waals surface area contributed by atoms with E-state index in [2.05, 4.69) is 4.98 Å². The topological polar surface area (TPSA) is 68.4 Å². The highest BCUT2D eigenvalue weighted by Gasteiger charge is 2.08.